The number of carbonyl (C=O) groups excluding carboxylic acids is 3. The number of aryl methyl sites for hydroxylation is 2. The number of carbonyl (C=O) groups is 3. The van der Waals surface area contributed by atoms with E-state index in [1.54, 1.807) is 42.2 Å². The Morgan fingerprint density at radius 3 is 2.10 bits per heavy atom. The van der Waals surface area contributed by atoms with Crippen molar-refractivity contribution in [3.8, 4) is 0 Å². The van der Waals surface area contributed by atoms with E-state index in [0.717, 1.165) is 24.8 Å². The summed E-state index contributed by atoms with van der Waals surface area (Å²) in [7, 11) is 0. The van der Waals surface area contributed by atoms with Crippen LogP contribution in [-0.4, -0.2) is 17.6 Å². The number of hydrogen-bond donors (Lipinski definition) is 1. The average Bonchev–Trinajstić information content (AvgIpc) is 2.97. The molecule has 2 amide bonds. The fourth-order valence-electron chi connectivity index (χ4n) is 4.49. The lowest BCUT2D eigenvalue weighted by atomic mass is 9.99. The molecule has 0 unspecified atom stereocenters. The van der Waals surface area contributed by atoms with Crippen molar-refractivity contribution in [2.45, 2.75) is 46.0 Å². The Labute approximate surface area is 230 Å². The Morgan fingerprint density at radius 2 is 1.44 bits per heavy atom. The van der Waals surface area contributed by atoms with E-state index < -0.39 is 0 Å². The van der Waals surface area contributed by atoms with Crippen LogP contribution in [0.5, 0.6) is 0 Å². The van der Waals surface area contributed by atoms with Gasteiger partial charge in [-0.25, -0.2) is 0 Å². The van der Waals surface area contributed by atoms with Gasteiger partial charge in [0.05, 0.1) is 5.69 Å². The van der Waals surface area contributed by atoms with Crippen molar-refractivity contribution in [1.82, 2.24) is 0 Å². The standard InChI is InChI=1S/C34H34N2O3/c1-3-33(38)36(29-21-18-25(2)19-22-29)31-23-20-28(24-30(31)34(39)27-15-8-5-9-16-27)35-32(37)17-11-10-14-26-12-6-4-7-13-26/h4-9,12-13,15-16,18-24H,3,10-11,14,17H2,1-2H3,(H,35,37). The molecule has 5 nitrogen and oxygen atoms in total. The number of nitrogens with one attached hydrogen (secondary N) is 1. The van der Waals surface area contributed by atoms with Crippen LogP contribution < -0.4 is 10.2 Å². The van der Waals surface area contributed by atoms with Gasteiger partial charge in [0.1, 0.15) is 0 Å². The van der Waals surface area contributed by atoms with Gasteiger partial charge in [-0.1, -0.05) is 85.3 Å². The summed E-state index contributed by atoms with van der Waals surface area (Å²) in [5.41, 5.74) is 4.90. The highest BCUT2D eigenvalue weighted by Gasteiger charge is 2.24. The number of rotatable bonds is 11. The first-order valence-electron chi connectivity index (χ1n) is 13.4. The SMILES string of the molecule is CCC(=O)N(c1ccc(C)cc1)c1ccc(NC(=O)CCCCc2ccccc2)cc1C(=O)c1ccccc1. The first-order valence-corrected chi connectivity index (χ1v) is 13.4. The Kier molecular flexibility index (Phi) is 9.41. The van der Waals surface area contributed by atoms with Gasteiger partial charge < -0.3 is 5.32 Å². The van der Waals surface area contributed by atoms with E-state index >= 15 is 0 Å². The Morgan fingerprint density at radius 1 is 0.769 bits per heavy atom. The summed E-state index contributed by atoms with van der Waals surface area (Å²) in [5, 5.41) is 2.95. The molecule has 5 heteroatoms. The molecule has 1 N–H and O–H groups in total. The molecular weight excluding hydrogens is 484 g/mol. The van der Waals surface area contributed by atoms with Crippen molar-refractivity contribution in [2.75, 3.05) is 10.2 Å². The van der Waals surface area contributed by atoms with Crippen molar-refractivity contribution < 1.29 is 14.4 Å². The highest BCUT2D eigenvalue weighted by molar-refractivity contribution is 6.16. The summed E-state index contributed by atoms with van der Waals surface area (Å²) in [4.78, 5) is 41.2. The van der Waals surface area contributed by atoms with Crippen molar-refractivity contribution in [3.63, 3.8) is 0 Å². The van der Waals surface area contributed by atoms with Crippen molar-refractivity contribution >= 4 is 34.7 Å². The van der Waals surface area contributed by atoms with Crippen molar-refractivity contribution in [3.05, 3.63) is 125 Å². The predicted molar refractivity (Wildman–Crippen MR) is 158 cm³/mol. The fourth-order valence-corrected chi connectivity index (χ4v) is 4.49. The van der Waals surface area contributed by atoms with Crippen LogP contribution in [0.25, 0.3) is 0 Å². The summed E-state index contributed by atoms with van der Waals surface area (Å²) < 4.78 is 0. The zero-order chi connectivity index (χ0) is 27.6. The molecule has 0 atom stereocenters. The van der Waals surface area contributed by atoms with Gasteiger partial charge in [0.2, 0.25) is 11.8 Å². The van der Waals surface area contributed by atoms with E-state index in [1.165, 1.54) is 5.56 Å². The summed E-state index contributed by atoms with van der Waals surface area (Å²) in [6.45, 7) is 3.79. The number of benzene rings is 4. The maximum Gasteiger partial charge on any atom is 0.231 e. The third-order valence-corrected chi connectivity index (χ3v) is 6.61. The second-order valence-corrected chi connectivity index (χ2v) is 9.59. The minimum Gasteiger partial charge on any atom is -0.326 e. The molecule has 4 aromatic rings. The van der Waals surface area contributed by atoms with Gasteiger partial charge in [-0.05, 0) is 62.1 Å². The topological polar surface area (TPSA) is 66.5 Å². The quantitative estimate of drug-likeness (QED) is 0.164. The third kappa shape index (κ3) is 7.29. The Hall–Kier alpha value is -4.51. The molecule has 198 valence electrons. The van der Waals surface area contributed by atoms with Gasteiger partial charge in [0.15, 0.2) is 5.78 Å². The van der Waals surface area contributed by atoms with Crippen LogP contribution in [0.15, 0.2) is 103 Å². The number of anilines is 3. The molecule has 0 heterocycles. The molecule has 0 aromatic heterocycles. The van der Waals surface area contributed by atoms with Crippen molar-refractivity contribution in [1.29, 1.82) is 0 Å². The normalized spacial score (nSPS) is 10.6. The number of unbranched alkanes of at least 4 members (excludes halogenated alkanes) is 1. The molecule has 0 saturated heterocycles. The van der Waals surface area contributed by atoms with Crippen LogP contribution in [0.4, 0.5) is 17.1 Å². The Bertz CT molecular complexity index is 1410. The summed E-state index contributed by atoms with van der Waals surface area (Å²) in [6, 6.07) is 32.0. The molecule has 0 saturated carbocycles. The summed E-state index contributed by atoms with van der Waals surface area (Å²) >= 11 is 0. The van der Waals surface area contributed by atoms with E-state index in [0.29, 0.717) is 34.6 Å². The smallest absolute Gasteiger partial charge is 0.231 e. The molecule has 0 bridgehead atoms. The lowest BCUT2D eigenvalue weighted by Crippen LogP contribution is -2.27. The highest BCUT2D eigenvalue weighted by atomic mass is 16.2. The zero-order valence-corrected chi connectivity index (χ0v) is 22.5. The van der Waals surface area contributed by atoms with Gasteiger partial charge in [-0.15, -0.1) is 0 Å². The van der Waals surface area contributed by atoms with Crippen LogP contribution in [0.3, 0.4) is 0 Å². The lowest BCUT2D eigenvalue weighted by molar-refractivity contribution is -0.118. The minimum absolute atomic E-state index is 0.103. The predicted octanol–water partition coefficient (Wildman–Crippen LogP) is 7.65. The molecule has 0 radical (unpaired) electrons. The number of hydrogen-bond acceptors (Lipinski definition) is 3. The monoisotopic (exact) mass is 518 g/mol. The molecule has 0 aliphatic rings. The zero-order valence-electron chi connectivity index (χ0n) is 22.5. The minimum atomic E-state index is -0.217. The van der Waals surface area contributed by atoms with Crippen LogP contribution >= 0.6 is 0 Å². The van der Waals surface area contributed by atoms with E-state index in [2.05, 4.69) is 17.4 Å². The molecule has 4 aromatic carbocycles. The maximum absolute atomic E-state index is 13.7. The maximum atomic E-state index is 13.7. The molecule has 0 aliphatic heterocycles. The van der Waals surface area contributed by atoms with Gasteiger partial charge in [0, 0.05) is 35.3 Å². The van der Waals surface area contributed by atoms with E-state index in [9.17, 15) is 14.4 Å². The van der Waals surface area contributed by atoms with Gasteiger partial charge in [-0.3, -0.25) is 19.3 Å². The molecule has 39 heavy (non-hydrogen) atoms. The van der Waals surface area contributed by atoms with Crippen LogP contribution in [0.2, 0.25) is 0 Å². The van der Waals surface area contributed by atoms with Gasteiger partial charge in [0.25, 0.3) is 0 Å². The fraction of sp³-hybridized carbons (Fsp3) is 0.206. The first-order chi connectivity index (χ1) is 19.0. The molecule has 4 rings (SSSR count). The van der Waals surface area contributed by atoms with Crippen LogP contribution in [0, 0.1) is 6.92 Å². The second kappa shape index (κ2) is 13.3. The number of nitrogens with zero attached hydrogens (tertiary/aromatic N) is 1. The van der Waals surface area contributed by atoms with Crippen LogP contribution in [0.1, 0.15) is 59.7 Å². The second-order valence-electron chi connectivity index (χ2n) is 9.59. The highest BCUT2D eigenvalue weighted by Crippen LogP contribution is 2.33. The van der Waals surface area contributed by atoms with Gasteiger partial charge >= 0.3 is 0 Å². The van der Waals surface area contributed by atoms with Crippen LogP contribution in [-0.2, 0) is 16.0 Å². The number of ketones is 1. The van der Waals surface area contributed by atoms with E-state index in [4.69, 9.17) is 0 Å². The summed E-state index contributed by atoms with van der Waals surface area (Å²) in [6.07, 6.45) is 3.27. The average molecular weight is 519 g/mol. The third-order valence-electron chi connectivity index (χ3n) is 6.61. The van der Waals surface area contributed by atoms with Crippen molar-refractivity contribution in [2.24, 2.45) is 0 Å². The molecular formula is C34H34N2O3. The lowest BCUT2D eigenvalue weighted by Gasteiger charge is -2.25. The van der Waals surface area contributed by atoms with E-state index in [1.807, 2.05) is 67.6 Å². The van der Waals surface area contributed by atoms with Gasteiger partial charge in [-0.2, -0.15) is 0 Å². The van der Waals surface area contributed by atoms with E-state index in [-0.39, 0.29) is 24.0 Å². The number of amides is 2. The Balaban J connectivity index is 1.59. The first kappa shape index (κ1) is 27.5. The summed E-state index contributed by atoms with van der Waals surface area (Å²) in [5.74, 6) is -0.448. The largest absolute Gasteiger partial charge is 0.326 e. The molecule has 0 fully saturated rings. The molecule has 0 spiro atoms. The molecule has 0 aliphatic carbocycles.